The molecule has 122 valence electrons. The smallest absolute Gasteiger partial charge is 0.227 e. The minimum Gasteiger partial charge on any atom is -0.398 e. The fourth-order valence-corrected chi connectivity index (χ4v) is 3.37. The molecule has 22 heavy (non-hydrogen) atoms. The van der Waals surface area contributed by atoms with Crippen LogP contribution in [0.2, 0.25) is 0 Å². The van der Waals surface area contributed by atoms with Crippen molar-refractivity contribution >= 4 is 29.7 Å². The molecule has 1 aromatic rings. The highest BCUT2D eigenvalue weighted by molar-refractivity contribution is 5.95. The molecular formula is C17H25ClN2O2. The van der Waals surface area contributed by atoms with E-state index in [9.17, 15) is 4.79 Å². The van der Waals surface area contributed by atoms with E-state index in [1.54, 1.807) is 0 Å². The summed E-state index contributed by atoms with van der Waals surface area (Å²) in [5.41, 5.74) is 8.98. The highest BCUT2D eigenvalue weighted by Gasteiger charge is 2.24. The second-order valence-corrected chi connectivity index (χ2v) is 6.02. The number of anilines is 2. The molecule has 1 aromatic carbocycles. The quantitative estimate of drug-likeness (QED) is 0.868. The van der Waals surface area contributed by atoms with E-state index in [-0.39, 0.29) is 24.4 Å². The molecule has 0 aromatic heterocycles. The largest absolute Gasteiger partial charge is 0.398 e. The standard InChI is InChI=1S/C17H24N2O2.ClH/c18-15-7-3-8-16-14(15)6-4-11-19(16)17(20)10-9-13-5-1-2-12-21-13;/h3,7-8,13H,1-2,4-6,9-12,18H2;1H. The summed E-state index contributed by atoms with van der Waals surface area (Å²) in [7, 11) is 0. The SMILES string of the molecule is Cl.Nc1cccc2c1CCCN2C(=O)CCC1CCCCO1. The van der Waals surface area contributed by atoms with E-state index < -0.39 is 0 Å². The average molecular weight is 325 g/mol. The van der Waals surface area contributed by atoms with Gasteiger partial charge in [0.15, 0.2) is 0 Å². The van der Waals surface area contributed by atoms with E-state index in [2.05, 4.69) is 0 Å². The summed E-state index contributed by atoms with van der Waals surface area (Å²) in [6.07, 6.45) is 7.12. The van der Waals surface area contributed by atoms with Gasteiger partial charge in [-0.2, -0.15) is 0 Å². The van der Waals surface area contributed by atoms with Crippen LogP contribution in [-0.4, -0.2) is 25.2 Å². The first-order valence-electron chi connectivity index (χ1n) is 8.05. The van der Waals surface area contributed by atoms with Crippen molar-refractivity contribution in [3.8, 4) is 0 Å². The molecule has 2 aliphatic rings. The van der Waals surface area contributed by atoms with Crippen molar-refractivity contribution in [3.05, 3.63) is 23.8 Å². The highest BCUT2D eigenvalue weighted by atomic mass is 35.5. The molecule has 1 saturated heterocycles. The number of nitrogens with two attached hydrogens (primary N) is 1. The lowest BCUT2D eigenvalue weighted by Crippen LogP contribution is -2.36. The Bertz CT molecular complexity index is 515. The highest BCUT2D eigenvalue weighted by Crippen LogP contribution is 2.32. The van der Waals surface area contributed by atoms with Crippen LogP contribution in [0.5, 0.6) is 0 Å². The molecule has 1 atom stereocenters. The number of carbonyl (C=O) groups excluding carboxylic acids is 1. The Kier molecular flexibility index (Phi) is 6.09. The molecule has 0 saturated carbocycles. The van der Waals surface area contributed by atoms with Crippen LogP contribution < -0.4 is 10.6 Å². The Morgan fingerprint density at radius 3 is 2.95 bits per heavy atom. The molecule has 0 radical (unpaired) electrons. The first-order valence-corrected chi connectivity index (χ1v) is 8.05. The van der Waals surface area contributed by atoms with E-state index in [1.807, 2.05) is 23.1 Å². The second kappa shape index (κ2) is 7.84. The lowest BCUT2D eigenvalue weighted by atomic mass is 9.98. The number of fused-ring (bicyclic) bond motifs is 1. The number of rotatable bonds is 3. The minimum atomic E-state index is 0. The van der Waals surface area contributed by atoms with Crippen LogP contribution in [0.25, 0.3) is 0 Å². The predicted molar refractivity (Wildman–Crippen MR) is 91.6 cm³/mol. The number of carbonyl (C=O) groups is 1. The Hall–Kier alpha value is -1.26. The molecule has 2 heterocycles. The van der Waals surface area contributed by atoms with Gasteiger partial charge in [0.2, 0.25) is 5.91 Å². The van der Waals surface area contributed by atoms with Gasteiger partial charge in [-0.3, -0.25) is 4.79 Å². The second-order valence-electron chi connectivity index (χ2n) is 6.02. The van der Waals surface area contributed by atoms with E-state index in [4.69, 9.17) is 10.5 Å². The van der Waals surface area contributed by atoms with Gasteiger partial charge in [0.05, 0.1) is 6.10 Å². The van der Waals surface area contributed by atoms with Crippen LogP contribution >= 0.6 is 12.4 Å². The Balaban J connectivity index is 0.00000176. The van der Waals surface area contributed by atoms with E-state index in [0.29, 0.717) is 6.42 Å². The normalized spacial score (nSPS) is 20.9. The molecular weight excluding hydrogens is 300 g/mol. The molecule has 0 aliphatic carbocycles. The summed E-state index contributed by atoms with van der Waals surface area (Å²) in [5, 5.41) is 0. The number of halogens is 1. The van der Waals surface area contributed by atoms with Crippen LogP contribution in [0.4, 0.5) is 11.4 Å². The third kappa shape index (κ3) is 3.73. The Labute approximate surface area is 138 Å². The number of ether oxygens (including phenoxy) is 1. The average Bonchev–Trinajstić information content (AvgIpc) is 2.53. The number of nitrogens with zero attached hydrogens (tertiary/aromatic N) is 1. The van der Waals surface area contributed by atoms with Crippen LogP contribution in [0, 0.1) is 0 Å². The molecule has 1 unspecified atom stereocenters. The zero-order chi connectivity index (χ0) is 14.7. The topological polar surface area (TPSA) is 55.6 Å². The summed E-state index contributed by atoms with van der Waals surface area (Å²) >= 11 is 0. The maximum atomic E-state index is 12.5. The van der Waals surface area contributed by atoms with Crippen molar-refractivity contribution < 1.29 is 9.53 Å². The molecule has 5 heteroatoms. The Morgan fingerprint density at radius 1 is 1.32 bits per heavy atom. The fourth-order valence-electron chi connectivity index (χ4n) is 3.37. The summed E-state index contributed by atoms with van der Waals surface area (Å²) in [6, 6.07) is 5.87. The summed E-state index contributed by atoms with van der Waals surface area (Å²) in [4.78, 5) is 14.5. The minimum absolute atomic E-state index is 0. The van der Waals surface area contributed by atoms with Gasteiger partial charge >= 0.3 is 0 Å². The molecule has 0 spiro atoms. The Morgan fingerprint density at radius 2 is 2.18 bits per heavy atom. The number of amides is 1. The van der Waals surface area contributed by atoms with Crippen molar-refractivity contribution in [3.63, 3.8) is 0 Å². The molecule has 2 N–H and O–H groups in total. The predicted octanol–water partition coefficient (Wildman–Crippen LogP) is 3.32. The van der Waals surface area contributed by atoms with Crippen molar-refractivity contribution in [2.75, 3.05) is 23.8 Å². The van der Waals surface area contributed by atoms with Gasteiger partial charge in [0.25, 0.3) is 0 Å². The van der Waals surface area contributed by atoms with Gasteiger partial charge in [-0.25, -0.2) is 0 Å². The van der Waals surface area contributed by atoms with Crippen LogP contribution in [-0.2, 0) is 16.0 Å². The third-order valence-electron chi connectivity index (χ3n) is 4.54. The zero-order valence-corrected chi connectivity index (χ0v) is 13.7. The maximum absolute atomic E-state index is 12.5. The van der Waals surface area contributed by atoms with Gasteiger partial charge < -0.3 is 15.4 Å². The maximum Gasteiger partial charge on any atom is 0.227 e. The zero-order valence-electron chi connectivity index (χ0n) is 12.9. The monoisotopic (exact) mass is 324 g/mol. The molecule has 4 nitrogen and oxygen atoms in total. The molecule has 0 bridgehead atoms. The number of benzene rings is 1. The summed E-state index contributed by atoms with van der Waals surface area (Å²) < 4.78 is 5.71. The number of nitrogen functional groups attached to an aromatic ring is 1. The van der Waals surface area contributed by atoms with Gasteiger partial charge in [-0.05, 0) is 56.2 Å². The van der Waals surface area contributed by atoms with Crippen LogP contribution in [0.3, 0.4) is 0 Å². The van der Waals surface area contributed by atoms with Gasteiger partial charge in [-0.15, -0.1) is 12.4 Å². The first-order chi connectivity index (χ1) is 10.3. The number of hydrogen-bond acceptors (Lipinski definition) is 3. The van der Waals surface area contributed by atoms with Crippen molar-refractivity contribution in [2.45, 2.75) is 51.0 Å². The first kappa shape index (κ1) is 17.1. The lowest BCUT2D eigenvalue weighted by Gasteiger charge is -2.31. The van der Waals surface area contributed by atoms with E-state index in [1.165, 1.54) is 6.42 Å². The van der Waals surface area contributed by atoms with E-state index in [0.717, 1.165) is 62.2 Å². The van der Waals surface area contributed by atoms with Crippen molar-refractivity contribution in [2.24, 2.45) is 0 Å². The molecule has 3 rings (SSSR count). The number of hydrogen-bond donors (Lipinski definition) is 1. The third-order valence-corrected chi connectivity index (χ3v) is 4.54. The summed E-state index contributed by atoms with van der Waals surface area (Å²) in [5.74, 6) is 0.204. The molecule has 1 amide bonds. The van der Waals surface area contributed by atoms with Crippen LogP contribution in [0.1, 0.15) is 44.1 Å². The molecule has 2 aliphatic heterocycles. The summed E-state index contributed by atoms with van der Waals surface area (Å²) in [6.45, 7) is 1.66. The van der Waals surface area contributed by atoms with Crippen molar-refractivity contribution in [1.29, 1.82) is 0 Å². The fraction of sp³-hybridized carbons (Fsp3) is 0.588. The molecule has 1 fully saturated rings. The van der Waals surface area contributed by atoms with Crippen molar-refractivity contribution in [1.82, 2.24) is 0 Å². The van der Waals surface area contributed by atoms with Gasteiger partial charge in [-0.1, -0.05) is 6.07 Å². The van der Waals surface area contributed by atoms with Crippen LogP contribution in [0.15, 0.2) is 18.2 Å². The lowest BCUT2D eigenvalue weighted by molar-refractivity contribution is -0.119. The van der Waals surface area contributed by atoms with E-state index >= 15 is 0 Å². The van der Waals surface area contributed by atoms with Gasteiger partial charge in [0.1, 0.15) is 0 Å². The van der Waals surface area contributed by atoms with Gasteiger partial charge in [0, 0.05) is 30.9 Å².